The van der Waals surface area contributed by atoms with E-state index in [9.17, 15) is 9.59 Å². The Balaban J connectivity index is 0.000000234. The number of ether oxygens (including phenoxy) is 5. The normalized spacial score (nSPS) is 16.8. The molecule has 2 aliphatic rings. The van der Waals surface area contributed by atoms with E-state index in [1.807, 2.05) is 118 Å². The van der Waals surface area contributed by atoms with E-state index in [1.54, 1.807) is 10.7 Å². The number of benzene rings is 2. The van der Waals surface area contributed by atoms with Gasteiger partial charge in [0.05, 0.1) is 72.4 Å². The number of carbonyl (C=O) groups is 2. The van der Waals surface area contributed by atoms with Crippen LogP contribution in [0.1, 0.15) is 102 Å². The zero-order valence-corrected chi connectivity index (χ0v) is 58.0. The summed E-state index contributed by atoms with van der Waals surface area (Å²) in [5.41, 5.74) is 20.0. The zero-order chi connectivity index (χ0) is 65.5. The van der Waals surface area contributed by atoms with Crippen LogP contribution in [0.5, 0.6) is 0 Å². The third-order valence-electron chi connectivity index (χ3n) is 17.5. The molecule has 0 spiro atoms. The molecule has 0 radical (unpaired) electrons. The van der Waals surface area contributed by atoms with Crippen molar-refractivity contribution in [2.75, 3.05) is 57.1 Å². The first-order valence-electron chi connectivity index (χ1n) is 33.1. The minimum Gasteiger partial charge on any atom is -0.494 e. The molecule has 10 rings (SSSR count). The number of rotatable bonds is 27. The standard InChI is InChI=1S/C43H63N5O5Si2.C30H33N5O2/c1-10-52-32(3)40-39(27-33-17-19-35(20-18-33)43(49)53-11-2)46-41-37(36-21-22-38(44-28-36)34-15-13-12-14-16-34)29-45-48(41)42(40)47(30-50-23-25-54(4,5)6)31-51-24-26-55(7,8)9;1-4-37-30(36)22-12-10-20(11-13-22)16-26-27(19(2)3)28(31)35-29(34-26)24(18-33-35)23-14-15-25(32-17-23)21-8-6-5-7-9-21/h12-16,21-22,28-29,33,35H,3,10-11,17-20,23-27,30-31H2,1-2,4-9H3;5-9,14-15,17-18,20,22H,2,4,10-13,16,31H2,1,3H3. The number of nitrogens with zero attached hydrogens (tertiary/aromatic N) is 9. The van der Waals surface area contributed by atoms with Crippen molar-refractivity contribution in [3.05, 3.63) is 145 Å². The van der Waals surface area contributed by atoms with Crippen molar-refractivity contribution >= 4 is 62.3 Å². The lowest BCUT2D eigenvalue weighted by Gasteiger charge is -2.31. The molecule has 2 N–H and O–H groups in total. The summed E-state index contributed by atoms with van der Waals surface area (Å²) in [6.07, 6.45) is 16.0. The Labute approximate surface area is 546 Å². The maximum absolute atomic E-state index is 12.6. The minimum absolute atomic E-state index is 0.00473. The molecule has 488 valence electrons. The third-order valence-corrected chi connectivity index (χ3v) is 20.9. The van der Waals surface area contributed by atoms with Crippen LogP contribution < -0.4 is 10.6 Å². The molecule has 2 saturated carbocycles. The first kappa shape index (κ1) is 68.5. The summed E-state index contributed by atoms with van der Waals surface area (Å²) >= 11 is 0. The van der Waals surface area contributed by atoms with Gasteiger partial charge in [0.1, 0.15) is 30.9 Å². The Morgan fingerprint density at radius 3 is 1.38 bits per heavy atom. The Bertz CT molecular complexity index is 3730. The van der Waals surface area contributed by atoms with Crippen molar-refractivity contribution in [3.63, 3.8) is 0 Å². The molecule has 19 heteroatoms. The van der Waals surface area contributed by atoms with Crippen molar-refractivity contribution in [3.8, 4) is 44.8 Å². The average Bonchev–Trinajstić information content (AvgIpc) is 1.51. The fraction of sp³-hybridized carbons (Fsp3) is 0.452. The molecule has 2 aromatic carbocycles. The average molecular weight is 1280 g/mol. The molecular weight excluding hydrogens is 1190 g/mol. The second kappa shape index (κ2) is 31.7. The maximum Gasteiger partial charge on any atom is 0.308 e. The summed E-state index contributed by atoms with van der Waals surface area (Å²) in [4.78, 5) is 47.0. The summed E-state index contributed by atoms with van der Waals surface area (Å²) in [5, 5.41) is 9.57. The van der Waals surface area contributed by atoms with Gasteiger partial charge in [-0.2, -0.15) is 19.2 Å². The first-order valence-corrected chi connectivity index (χ1v) is 40.5. The highest BCUT2D eigenvalue weighted by atomic mass is 28.3. The van der Waals surface area contributed by atoms with Gasteiger partial charge < -0.3 is 34.3 Å². The molecule has 6 heterocycles. The summed E-state index contributed by atoms with van der Waals surface area (Å²) in [6, 6.07) is 30.6. The van der Waals surface area contributed by atoms with Crippen LogP contribution in [0.15, 0.2) is 123 Å². The van der Waals surface area contributed by atoms with Gasteiger partial charge in [0.2, 0.25) is 0 Å². The highest BCUT2D eigenvalue weighted by molar-refractivity contribution is 6.76. The SMILES string of the molecule is C=C(C)c1c(CC2CCC(C(=O)OCC)CC2)nc2c(-c3ccc(-c4ccccc4)nc3)cnn2c1N.C=C(OCC)c1c(CC2CCC(C(=O)OCC)CC2)nc2c(-c3ccc(-c4ccccc4)nc3)cnn2c1N(COCC[Si](C)(C)C)COCC[Si](C)(C)C. The Hall–Kier alpha value is -7.85. The molecule has 0 aliphatic heterocycles. The van der Waals surface area contributed by atoms with E-state index >= 15 is 0 Å². The van der Waals surface area contributed by atoms with Crippen molar-refractivity contribution in [2.24, 2.45) is 23.7 Å². The predicted molar refractivity (Wildman–Crippen MR) is 375 cm³/mol. The largest absolute Gasteiger partial charge is 0.494 e. The van der Waals surface area contributed by atoms with Gasteiger partial charge in [-0.05, 0) is 134 Å². The molecule has 2 fully saturated rings. The lowest BCUT2D eigenvalue weighted by molar-refractivity contribution is -0.150. The van der Waals surface area contributed by atoms with Crippen molar-refractivity contribution < 1.29 is 33.3 Å². The van der Waals surface area contributed by atoms with Gasteiger partial charge in [0.15, 0.2) is 11.3 Å². The van der Waals surface area contributed by atoms with E-state index in [-0.39, 0.29) is 23.8 Å². The number of nitrogens with two attached hydrogens (primary N) is 1. The number of anilines is 2. The number of hydrogen-bond acceptors (Lipinski definition) is 15. The van der Waals surface area contributed by atoms with Crippen molar-refractivity contribution in [1.82, 2.24) is 39.2 Å². The van der Waals surface area contributed by atoms with Crippen LogP contribution >= 0.6 is 0 Å². The van der Waals surface area contributed by atoms with Crippen LogP contribution in [0.25, 0.3) is 67.4 Å². The number of nitrogen functional groups attached to an aromatic ring is 1. The monoisotopic (exact) mass is 1280 g/mol. The van der Waals surface area contributed by atoms with Crippen LogP contribution in [0.3, 0.4) is 0 Å². The minimum atomic E-state index is -1.32. The van der Waals surface area contributed by atoms with Crippen LogP contribution in [0.2, 0.25) is 51.4 Å². The Morgan fingerprint density at radius 2 is 0.978 bits per heavy atom. The molecule has 8 aromatic rings. The molecular formula is C73H96N10O7Si2. The molecule has 0 atom stereocenters. The summed E-state index contributed by atoms with van der Waals surface area (Å²) in [7, 11) is -2.64. The Morgan fingerprint density at radius 1 is 0.554 bits per heavy atom. The van der Waals surface area contributed by atoms with E-state index in [0.717, 1.165) is 154 Å². The van der Waals surface area contributed by atoms with Gasteiger partial charge in [-0.15, -0.1) is 0 Å². The third kappa shape index (κ3) is 17.6. The van der Waals surface area contributed by atoms with E-state index in [0.29, 0.717) is 82.0 Å². The Kier molecular flexibility index (Phi) is 23.6. The van der Waals surface area contributed by atoms with E-state index in [1.165, 1.54) is 0 Å². The van der Waals surface area contributed by atoms with E-state index in [4.69, 9.17) is 49.5 Å². The number of allylic oxidation sites excluding steroid dienone is 1. The fourth-order valence-corrected chi connectivity index (χ4v) is 13.8. The molecule has 0 unspecified atom stereocenters. The lowest BCUT2D eigenvalue weighted by atomic mass is 9.79. The van der Waals surface area contributed by atoms with Crippen LogP contribution in [0, 0.1) is 23.7 Å². The van der Waals surface area contributed by atoms with Gasteiger partial charge in [-0.25, -0.2) is 9.97 Å². The van der Waals surface area contributed by atoms with Gasteiger partial charge in [-0.1, -0.05) is 125 Å². The summed E-state index contributed by atoms with van der Waals surface area (Å²) in [6.45, 7) is 33.7. The molecule has 17 nitrogen and oxygen atoms in total. The van der Waals surface area contributed by atoms with Gasteiger partial charge >= 0.3 is 11.9 Å². The molecule has 6 aromatic heterocycles. The highest BCUT2D eigenvalue weighted by Crippen LogP contribution is 2.40. The number of fused-ring (bicyclic) bond motifs is 2. The van der Waals surface area contributed by atoms with E-state index in [2.05, 4.69) is 85.6 Å². The number of pyridine rings is 2. The summed E-state index contributed by atoms with van der Waals surface area (Å²) in [5.74, 6) is 2.45. The van der Waals surface area contributed by atoms with Crippen LogP contribution in [-0.4, -0.2) is 114 Å². The van der Waals surface area contributed by atoms with Crippen LogP contribution in [0.4, 0.5) is 11.6 Å². The number of hydrogen-bond donors (Lipinski definition) is 1. The molecule has 0 bridgehead atoms. The van der Waals surface area contributed by atoms with E-state index < -0.39 is 16.1 Å². The molecule has 92 heavy (non-hydrogen) atoms. The van der Waals surface area contributed by atoms with Gasteiger partial charge in [0.25, 0.3) is 0 Å². The van der Waals surface area contributed by atoms with Gasteiger partial charge in [0, 0.05) is 80.7 Å². The maximum atomic E-state index is 12.6. The molecule has 2 aliphatic carbocycles. The smallest absolute Gasteiger partial charge is 0.308 e. The topological polar surface area (TPSA) is 196 Å². The second-order valence-corrected chi connectivity index (χ2v) is 38.2. The zero-order valence-electron chi connectivity index (χ0n) is 56.0. The lowest BCUT2D eigenvalue weighted by Crippen LogP contribution is -2.34. The number of carbonyl (C=O) groups excluding carboxylic acids is 2. The fourth-order valence-electron chi connectivity index (χ4n) is 12.3. The number of aromatic nitrogens is 8. The van der Waals surface area contributed by atoms with Crippen molar-refractivity contribution in [1.29, 1.82) is 0 Å². The second-order valence-electron chi connectivity index (χ2n) is 27.0. The predicted octanol–water partition coefficient (Wildman–Crippen LogP) is 15.8. The van der Waals surface area contributed by atoms with Gasteiger partial charge in [-0.3, -0.25) is 19.6 Å². The number of esters is 2. The molecule has 0 amide bonds. The molecule has 0 saturated heterocycles. The quantitative estimate of drug-likeness (QED) is 0.0168. The highest BCUT2D eigenvalue weighted by Gasteiger charge is 2.33. The first-order chi connectivity index (χ1) is 44.2. The summed E-state index contributed by atoms with van der Waals surface area (Å²) < 4.78 is 33.4. The van der Waals surface area contributed by atoms with Crippen LogP contribution in [-0.2, 0) is 46.1 Å². The van der Waals surface area contributed by atoms with Crippen molar-refractivity contribution in [2.45, 2.75) is 143 Å².